The van der Waals surface area contributed by atoms with Crippen molar-refractivity contribution in [1.82, 2.24) is 0 Å². The molecular weight excluding hydrogens is 536 g/mol. The molecule has 0 aromatic rings. The van der Waals surface area contributed by atoms with Crippen LogP contribution in [0.15, 0.2) is 24.3 Å². The molecule has 3 aliphatic rings. The van der Waals surface area contributed by atoms with Crippen LogP contribution in [0.25, 0.3) is 0 Å². The van der Waals surface area contributed by atoms with E-state index in [1.165, 1.54) is 26.8 Å². The monoisotopic (exact) mass is 578 g/mol. The molecule has 0 unspecified atom stereocenters. The number of esters is 4. The van der Waals surface area contributed by atoms with Crippen LogP contribution in [0.1, 0.15) is 67.7 Å². The number of carbonyl (C=O) groups excluding carboxylic acids is 5. The molecule has 2 saturated carbocycles. The highest BCUT2D eigenvalue weighted by Crippen LogP contribution is 2.62. The van der Waals surface area contributed by atoms with E-state index in [4.69, 9.17) is 18.9 Å². The number of ether oxygens (including phenoxy) is 4. The third kappa shape index (κ3) is 5.58. The predicted molar refractivity (Wildman–Crippen MR) is 144 cm³/mol. The van der Waals surface area contributed by atoms with Crippen LogP contribution in [0.3, 0.4) is 0 Å². The van der Waals surface area contributed by atoms with Gasteiger partial charge in [0.2, 0.25) is 0 Å². The van der Waals surface area contributed by atoms with Gasteiger partial charge in [-0.05, 0) is 38.7 Å². The molecule has 3 rings (SSSR count). The summed E-state index contributed by atoms with van der Waals surface area (Å²) >= 11 is 0. The third-order valence-corrected chi connectivity index (χ3v) is 8.78. The van der Waals surface area contributed by atoms with E-state index >= 15 is 0 Å². The second kappa shape index (κ2) is 11.7. The average molecular weight is 579 g/mol. The zero-order valence-electron chi connectivity index (χ0n) is 24.8. The molecule has 0 aromatic carbocycles. The maximum atomic E-state index is 14.4. The Morgan fingerprint density at radius 3 is 2.12 bits per heavy atom. The number of rotatable bonds is 8. The van der Waals surface area contributed by atoms with Gasteiger partial charge in [-0.25, -0.2) is 0 Å². The normalized spacial score (nSPS) is 39.5. The quantitative estimate of drug-likeness (QED) is 0.247. The largest absolute Gasteiger partial charge is 0.465 e. The molecule has 11 nitrogen and oxygen atoms in total. The Morgan fingerprint density at radius 1 is 1.00 bits per heavy atom. The lowest BCUT2D eigenvalue weighted by Gasteiger charge is -2.55. The van der Waals surface area contributed by atoms with E-state index in [9.17, 15) is 34.2 Å². The van der Waals surface area contributed by atoms with Crippen molar-refractivity contribution in [3.8, 4) is 0 Å². The average Bonchev–Trinajstić information content (AvgIpc) is 3.07. The molecule has 228 valence electrons. The zero-order chi connectivity index (χ0) is 31.1. The van der Waals surface area contributed by atoms with E-state index in [1.807, 2.05) is 0 Å². The minimum absolute atomic E-state index is 0.0356. The van der Waals surface area contributed by atoms with Crippen LogP contribution in [-0.4, -0.2) is 76.0 Å². The lowest BCUT2D eigenvalue weighted by molar-refractivity contribution is -0.223. The Hall–Kier alpha value is -3.05. The summed E-state index contributed by atoms with van der Waals surface area (Å²) in [6.07, 6.45) is -0.644. The SMILES string of the molecule is C=C(C)[C@H]1C=C[C@@H](OC(C)=O)[C@@]2(COC(C)=O)[C@H](OC(=O)CCC)[C@H]3[C@@H](OC(C)=O)[C@@H](C)C[C@]3(O)C(=O)[C@@](C)(O)[C@H]12. The molecule has 41 heavy (non-hydrogen) atoms. The van der Waals surface area contributed by atoms with Crippen LogP contribution in [0.5, 0.6) is 0 Å². The molecule has 0 saturated heterocycles. The van der Waals surface area contributed by atoms with E-state index < -0.39 is 94.9 Å². The summed E-state index contributed by atoms with van der Waals surface area (Å²) in [5.74, 6) is -7.85. The van der Waals surface area contributed by atoms with Crippen LogP contribution in [0, 0.1) is 29.1 Å². The molecule has 0 amide bonds. The fourth-order valence-electron chi connectivity index (χ4n) is 7.41. The van der Waals surface area contributed by atoms with Gasteiger partial charge in [0.05, 0.1) is 11.3 Å². The van der Waals surface area contributed by atoms with Crippen molar-refractivity contribution < 1.29 is 53.1 Å². The van der Waals surface area contributed by atoms with E-state index in [0.717, 1.165) is 6.92 Å². The summed E-state index contributed by atoms with van der Waals surface area (Å²) in [7, 11) is 0. The van der Waals surface area contributed by atoms with Crippen LogP contribution in [-0.2, 0) is 42.9 Å². The molecule has 11 heteroatoms. The van der Waals surface area contributed by atoms with E-state index in [0.29, 0.717) is 12.0 Å². The van der Waals surface area contributed by atoms with E-state index in [1.54, 1.807) is 26.8 Å². The predicted octanol–water partition coefficient (Wildman–Crippen LogP) is 2.21. The number of aliphatic hydroxyl groups is 2. The van der Waals surface area contributed by atoms with Crippen LogP contribution >= 0.6 is 0 Å². The fourth-order valence-corrected chi connectivity index (χ4v) is 7.41. The number of carbonyl (C=O) groups is 5. The van der Waals surface area contributed by atoms with Crippen molar-refractivity contribution >= 4 is 29.7 Å². The summed E-state index contributed by atoms with van der Waals surface area (Å²) in [6, 6.07) is 0. The topological polar surface area (TPSA) is 163 Å². The van der Waals surface area contributed by atoms with Crippen molar-refractivity contribution in [2.75, 3.05) is 6.61 Å². The van der Waals surface area contributed by atoms with Crippen molar-refractivity contribution in [3.05, 3.63) is 24.3 Å². The number of hydrogen-bond donors (Lipinski definition) is 2. The number of ketones is 1. The number of Topliss-reactive ketones (excluding diaryl/α,β-unsaturated/α-hetero) is 1. The Balaban J connectivity index is 2.52. The molecule has 10 atom stereocenters. The molecule has 2 fully saturated rings. The standard InChI is InChI=1S/C30H42O11/c1-9-10-22(34)41-26-23-24(40-19(7)33)16(4)13-30(23,37)27(35)28(8,36)25-20(15(2)3)11-12-21(39-18(6)32)29(25,26)14-38-17(5)31/h11-12,16,20-21,23-26,36-37H,2,9-10,13-14H2,1,3-8H3/t16-,20+,21+,23+,24-,25-,26+,28-,29+,30+/m0/s1. The minimum atomic E-state index is -2.35. The second-order valence-electron chi connectivity index (χ2n) is 12.0. The number of hydrogen-bond acceptors (Lipinski definition) is 11. The lowest BCUT2D eigenvalue weighted by Crippen LogP contribution is -2.66. The van der Waals surface area contributed by atoms with Crippen molar-refractivity contribution in [2.45, 2.75) is 97.2 Å². The van der Waals surface area contributed by atoms with Gasteiger partial charge in [0.25, 0.3) is 0 Å². The fraction of sp³-hybridized carbons (Fsp3) is 0.700. The van der Waals surface area contributed by atoms with Gasteiger partial charge in [-0.15, -0.1) is 0 Å². The van der Waals surface area contributed by atoms with Gasteiger partial charge in [0.15, 0.2) is 5.78 Å². The van der Waals surface area contributed by atoms with Crippen molar-refractivity contribution in [3.63, 3.8) is 0 Å². The van der Waals surface area contributed by atoms with Crippen LogP contribution < -0.4 is 0 Å². The molecular formula is C30H42O11. The molecule has 0 aromatic heterocycles. The van der Waals surface area contributed by atoms with Gasteiger partial charge >= 0.3 is 23.9 Å². The lowest BCUT2D eigenvalue weighted by atomic mass is 9.53. The second-order valence-corrected chi connectivity index (χ2v) is 12.0. The maximum absolute atomic E-state index is 14.4. The summed E-state index contributed by atoms with van der Waals surface area (Å²) < 4.78 is 23.1. The first-order valence-electron chi connectivity index (χ1n) is 14.0. The highest BCUT2D eigenvalue weighted by atomic mass is 16.6. The first-order valence-corrected chi connectivity index (χ1v) is 14.0. The number of allylic oxidation sites excluding steroid dienone is 2. The van der Waals surface area contributed by atoms with Gasteiger partial charge in [-0.3, -0.25) is 24.0 Å². The molecule has 0 bridgehead atoms. The Bertz CT molecular complexity index is 1140. The van der Waals surface area contributed by atoms with Crippen molar-refractivity contribution in [1.29, 1.82) is 0 Å². The molecule has 2 N–H and O–H groups in total. The Kier molecular flexibility index (Phi) is 9.25. The zero-order valence-corrected chi connectivity index (χ0v) is 24.8. The molecule has 0 aliphatic heterocycles. The molecule has 0 radical (unpaired) electrons. The minimum Gasteiger partial charge on any atom is -0.465 e. The summed E-state index contributed by atoms with van der Waals surface area (Å²) in [5, 5.41) is 24.5. The first-order chi connectivity index (χ1) is 18.9. The molecule has 3 aliphatic carbocycles. The van der Waals surface area contributed by atoms with Crippen LogP contribution in [0.2, 0.25) is 0 Å². The Morgan fingerprint density at radius 2 is 1.61 bits per heavy atom. The highest BCUT2D eigenvalue weighted by molar-refractivity contribution is 5.96. The van der Waals surface area contributed by atoms with Gasteiger partial charge in [0.1, 0.15) is 36.1 Å². The number of fused-ring (bicyclic) bond motifs is 2. The molecule has 0 spiro atoms. The first kappa shape index (κ1) is 32.5. The van der Waals surface area contributed by atoms with Gasteiger partial charge in [-0.1, -0.05) is 32.1 Å². The van der Waals surface area contributed by atoms with Gasteiger partial charge in [0, 0.05) is 39.0 Å². The van der Waals surface area contributed by atoms with Gasteiger partial charge in [-0.2, -0.15) is 0 Å². The highest BCUT2D eigenvalue weighted by Gasteiger charge is 2.76. The van der Waals surface area contributed by atoms with Gasteiger partial charge < -0.3 is 29.2 Å². The Labute approximate surface area is 240 Å². The smallest absolute Gasteiger partial charge is 0.306 e. The van der Waals surface area contributed by atoms with Crippen molar-refractivity contribution in [2.24, 2.45) is 29.1 Å². The van der Waals surface area contributed by atoms with E-state index in [-0.39, 0.29) is 12.8 Å². The summed E-state index contributed by atoms with van der Waals surface area (Å²) in [5.41, 5.74) is -6.00. The molecule has 0 heterocycles. The van der Waals surface area contributed by atoms with Crippen LogP contribution in [0.4, 0.5) is 0 Å². The summed E-state index contributed by atoms with van der Waals surface area (Å²) in [6.45, 7) is 13.3. The summed E-state index contributed by atoms with van der Waals surface area (Å²) in [4.78, 5) is 64.6. The maximum Gasteiger partial charge on any atom is 0.306 e. The third-order valence-electron chi connectivity index (χ3n) is 8.78. The van der Waals surface area contributed by atoms with E-state index in [2.05, 4.69) is 6.58 Å².